The molecule has 13 heavy (non-hydrogen) atoms. The number of imidazole rings is 1. The molecule has 0 unspecified atom stereocenters. The lowest BCUT2D eigenvalue weighted by Gasteiger charge is -1.92. The van der Waals surface area contributed by atoms with Crippen molar-refractivity contribution in [1.29, 1.82) is 0 Å². The van der Waals surface area contributed by atoms with E-state index in [1.165, 1.54) is 0 Å². The van der Waals surface area contributed by atoms with Crippen LogP contribution in [0.25, 0.3) is 5.65 Å². The fourth-order valence-electron chi connectivity index (χ4n) is 1.18. The number of nitrogens with zero attached hydrogens (tertiary/aromatic N) is 2. The summed E-state index contributed by atoms with van der Waals surface area (Å²) in [6.45, 7) is 2.04. The van der Waals surface area contributed by atoms with Crippen LogP contribution in [0.1, 0.15) is 18.9 Å². The molecule has 0 N–H and O–H groups in total. The van der Waals surface area contributed by atoms with Gasteiger partial charge in [-0.1, -0.05) is 18.8 Å². The second kappa shape index (κ2) is 3.32. The third kappa shape index (κ3) is 1.54. The van der Waals surface area contributed by atoms with Crippen LogP contribution in [0.2, 0.25) is 0 Å². The molecule has 0 aliphatic rings. The molecule has 0 fully saturated rings. The SMILES string of the molecule is CCC#Cc1ccn2ccnc2c1. The zero-order valence-electron chi connectivity index (χ0n) is 7.49. The highest BCUT2D eigenvalue weighted by molar-refractivity contribution is 5.47. The van der Waals surface area contributed by atoms with Gasteiger partial charge in [-0.2, -0.15) is 0 Å². The van der Waals surface area contributed by atoms with Gasteiger partial charge in [0, 0.05) is 30.6 Å². The number of rotatable bonds is 0. The zero-order chi connectivity index (χ0) is 9.10. The van der Waals surface area contributed by atoms with E-state index in [4.69, 9.17) is 0 Å². The Balaban J connectivity index is 2.48. The van der Waals surface area contributed by atoms with Crippen LogP contribution < -0.4 is 0 Å². The van der Waals surface area contributed by atoms with Gasteiger partial charge in [0.25, 0.3) is 0 Å². The molecule has 2 aromatic rings. The largest absolute Gasteiger partial charge is 0.307 e. The van der Waals surface area contributed by atoms with E-state index in [1.54, 1.807) is 6.20 Å². The van der Waals surface area contributed by atoms with Gasteiger partial charge in [-0.05, 0) is 12.1 Å². The van der Waals surface area contributed by atoms with Crippen LogP contribution >= 0.6 is 0 Å². The molecule has 0 saturated carbocycles. The lowest BCUT2D eigenvalue weighted by molar-refractivity contribution is 1.18. The summed E-state index contributed by atoms with van der Waals surface area (Å²) in [6.07, 6.45) is 6.57. The lowest BCUT2D eigenvalue weighted by Crippen LogP contribution is -1.83. The zero-order valence-corrected chi connectivity index (χ0v) is 7.49. The molecule has 2 rings (SSSR count). The molecule has 64 valence electrons. The molecule has 2 aromatic heterocycles. The fourth-order valence-corrected chi connectivity index (χ4v) is 1.18. The van der Waals surface area contributed by atoms with Gasteiger partial charge in [-0.3, -0.25) is 0 Å². The first-order valence-corrected chi connectivity index (χ1v) is 4.32. The van der Waals surface area contributed by atoms with Crippen molar-refractivity contribution in [3.63, 3.8) is 0 Å². The molecule has 2 heteroatoms. The van der Waals surface area contributed by atoms with E-state index >= 15 is 0 Å². The lowest BCUT2D eigenvalue weighted by atomic mass is 10.2. The van der Waals surface area contributed by atoms with Crippen LogP contribution in [0.15, 0.2) is 30.7 Å². The predicted octanol–water partition coefficient (Wildman–Crippen LogP) is 2.10. The Labute approximate surface area is 77.2 Å². The maximum atomic E-state index is 4.18. The molecule has 0 saturated heterocycles. The molecule has 0 amide bonds. The molecule has 0 radical (unpaired) electrons. The summed E-state index contributed by atoms with van der Waals surface area (Å²) in [5, 5.41) is 0. The summed E-state index contributed by atoms with van der Waals surface area (Å²) in [7, 11) is 0. The maximum absolute atomic E-state index is 4.18. The Morgan fingerprint density at radius 1 is 1.46 bits per heavy atom. The Hall–Kier alpha value is -1.75. The molecule has 0 spiro atoms. The Morgan fingerprint density at radius 2 is 2.38 bits per heavy atom. The van der Waals surface area contributed by atoms with Crippen molar-refractivity contribution in [3.05, 3.63) is 36.3 Å². The number of aromatic nitrogens is 2. The van der Waals surface area contributed by atoms with Crippen molar-refractivity contribution in [2.24, 2.45) is 0 Å². The molecular weight excluding hydrogens is 160 g/mol. The molecule has 0 aliphatic heterocycles. The molecular formula is C11H10N2. The first-order valence-electron chi connectivity index (χ1n) is 4.32. The van der Waals surface area contributed by atoms with Gasteiger partial charge < -0.3 is 4.40 Å². The molecule has 2 heterocycles. The van der Waals surface area contributed by atoms with Crippen molar-refractivity contribution in [2.75, 3.05) is 0 Å². The first-order chi connectivity index (χ1) is 6.40. The quantitative estimate of drug-likeness (QED) is 0.553. The van der Waals surface area contributed by atoms with E-state index in [-0.39, 0.29) is 0 Å². The second-order valence-electron chi connectivity index (χ2n) is 2.76. The van der Waals surface area contributed by atoms with Crippen molar-refractivity contribution in [3.8, 4) is 11.8 Å². The number of fused-ring (bicyclic) bond motifs is 1. The number of hydrogen-bond donors (Lipinski definition) is 0. The maximum Gasteiger partial charge on any atom is 0.137 e. The van der Waals surface area contributed by atoms with Gasteiger partial charge in [-0.25, -0.2) is 4.98 Å². The smallest absolute Gasteiger partial charge is 0.137 e. The summed E-state index contributed by atoms with van der Waals surface area (Å²) in [5.74, 6) is 6.11. The average molecular weight is 170 g/mol. The van der Waals surface area contributed by atoms with Crippen LogP contribution in [-0.4, -0.2) is 9.38 Å². The minimum atomic E-state index is 0.889. The van der Waals surface area contributed by atoms with E-state index in [9.17, 15) is 0 Å². The van der Waals surface area contributed by atoms with Crippen molar-refractivity contribution in [1.82, 2.24) is 9.38 Å². The highest BCUT2D eigenvalue weighted by Gasteiger charge is 1.92. The highest BCUT2D eigenvalue weighted by Crippen LogP contribution is 2.03. The number of hydrogen-bond acceptors (Lipinski definition) is 1. The summed E-state index contributed by atoms with van der Waals surface area (Å²) in [5.41, 5.74) is 1.98. The Bertz CT molecular complexity index is 471. The van der Waals surface area contributed by atoms with Gasteiger partial charge in [0.1, 0.15) is 5.65 Å². The summed E-state index contributed by atoms with van der Waals surface area (Å²) < 4.78 is 1.97. The van der Waals surface area contributed by atoms with Crippen LogP contribution in [0.4, 0.5) is 0 Å². The topological polar surface area (TPSA) is 17.3 Å². The van der Waals surface area contributed by atoms with Gasteiger partial charge >= 0.3 is 0 Å². The minimum absolute atomic E-state index is 0.889. The average Bonchev–Trinajstić information content (AvgIpc) is 2.61. The first kappa shape index (κ1) is 7.88. The van der Waals surface area contributed by atoms with Crippen LogP contribution in [0.3, 0.4) is 0 Å². The van der Waals surface area contributed by atoms with Gasteiger partial charge in [0.15, 0.2) is 0 Å². The third-order valence-electron chi connectivity index (χ3n) is 1.81. The monoisotopic (exact) mass is 170 g/mol. The predicted molar refractivity (Wildman–Crippen MR) is 52.4 cm³/mol. The van der Waals surface area contributed by atoms with Crippen LogP contribution in [0.5, 0.6) is 0 Å². The molecule has 2 nitrogen and oxygen atoms in total. The molecule has 0 bridgehead atoms. The Kier molecular flexibility index (Phi) is 2.01. The second-order valence-corrected chi connectivity index (χ2v) is 2.76. The summed E-state index contributed by atoms with van der Waals surface area (Å²) in [4.78, 5) is 4.18. The van der Waals surface area contributed by atoms with Crippen molar-refractivity contribution in [2.45, 2.75) is 13.3 Å². The number of pyridine rings is 1. The summed E-state index contributed by atoms with van der Waals surface area (Å²) in [6, 6.07) is 3.99. The standard InChI is InChI=1S/C11H10N2/c1-2-3-4-10-5-7-13-8-6-12-11(13)9-10/h5-9H,2H2,1H3. The third-order valence-corrected chi connectivity index (χ3v) is 1.81. The van der Waals surface area contributed by atoms with E-state index in [0.717, 1.165) is 17.6 Å². The van der Waals surface area contributed by atoms with Crippen LogP contribution in [-0.2, 0) is 0 Å². The highest BCUT2D eigenvalue weighted by atomic mass is 15.0. The molecule has 0 aliphatic carbocycles. The van der Waals surface area contributed by atoms with E-state index in [2.05, 4.69) is 16.8 Å². The molecule has 0 aromatic carbocycles. The van der Waals surface area contributed by atoms with Gasteiger partial charge in [-0.15, -0.1) is 0 Å². The van der Waals surface area contributed by atoms with Gasteiger partial charge in [0.05, 0.1) is 0 Å². The Morgan fingerprint density at radius 3 is 3.23 bits per heavy atom. The molecule has 0 atom stereocenters. The fraction of sp³-hybridized carbons (Fsp3) is 0.182. The van der Waals surface area contributed by atoms with Crippen LogP contribution in [0, 0.1) is 11.8 Å². The van der Waals surface area contributed by atoms with E-state index in [1.807, 2.05) is 35.9 Å². The summed E-state index contributed by atoms with van der Waals surface area (Å²) >= 11 is 0. The normalized spacial score (nSPS) is 9.62. The van der Waals surface area contributed by atoms with E-state index in [0.29, 0.717) is 0 Å². The van der Waals surface area contributed by atoms with Crippen molar-refractivity contribution < 1.29 is 0 Å². The van der Waals surface area contributed by atoms with Crippen molar-refractivity contribution >= 4 is 5.65 Å². The van der Waals surface area contributed by atoms with E-state index < -0.39 is 0 Å². The van der Waals surface area contributed by atoms with Gasteiger partial charge in [0.2, 0.25) is 0 Å². The minimum Gasteiger partial charge on any atom is -0.307 e.